The number of hydrogen-bond acceptors (Lipinski definition) is 16. The van der Waals surface area contributed by atoms with Crippen LogP contribution in [0.25, 0.3) is 0 Å². The number of hydrogen-bond donors (Lipinski definition) is 4. The molecule has 18 heteroatoms. The Morgan fingerprint density at radius 2 is 1.39 bits per heavy atom. The van der Waals surface area contributed by atoms with E-state index in [4.69, 9.17) is 28.4 Å². The third kappa shape index (κ3) is 9.35. The van der Waals surface area contributed by atoms with Crippen LogP contribution in [0.15, 0.2) is 102 Å². The number of ketones is 1. The van der Waals surface area contributed by atoms with E-state index in [2.05, 4.69) is 5.32 Å². The topological polar surface area (TPSA) is 265 Å². The number of aliphatic carboxylic acids is 1. The van der Waals surface area contributed by atoms with Crippen molar-refractivity contribution in [3.63, 3.8) is 0 Å². The smallest absolute Gasteiger partial charge is 0.338 e. The Labute approximate surface area is 410 Å². The second-order valence-corrected chi connectivity index (χ2v) is 20.2. The number of carbonyl (C=O) groups excluding carboxylic acids is 7. The first-order valence-electron chi connectivity index (χ1n) is 23.2. The summed E-state index contributed by atoms with van der Waals surface area (Å²) in [4.78, 5) is 111. The van der Waals surface area contributed by atoms with E-state index in [1.807, 2.05) is 0 Å². The second-order valence-electron chi connectivity index (χ2n) is 20.2. The van der Waals surface area contributed by atoms with Gasteiger partial charge in [0, 0.05) is 37.7 Å². The van der Waals surface area contributed by atoms with Crippen molar-refractivity contribution in [2.24, 2.45) is 22.2 Å². The minimum atomic E-state index is -2.53. The molecule has 3 aromatic rings. The van der Waals surface area contributed by atoms with E-state index < -0.39 is 143 Å². The molecule has 0 spiro atoms. The fourth-order valence-corrected chi connectivity index (χ4v) is 11.0. The molecule has 2 bridgehead atoms. The number of fused-ring (bicyclic) bond motifs is 5. The lowest BCUT2D eigenvalue weighted by atomic mass is 9.44. The van der Waals surface area contributed by atoms with Gasteiger partial charge in [0.2, 0.25) is 0 Å². The van der Waals surface area contributed by atoms with Crippen LogP contribution in [0.2, 0.25) is 0 Å². The summed E-state index contributed by atoms with van der Waals surface area (Å²) in [5, 5.41) is 38.5. The number of nitrogens with one attached hydrogen (secondary N) is 1. The van der Waals surface area contributed by atoms with E-state index in [1.165, 1.54) is 53.7 Å². The highest BCUT2D eigenvalue weighted by atomic mass is 16.6. The van der Waals surface area contributed by atoms with Crippen LogP contribution in [0.3, 0.4) is 0 Å². The van der Waals surface area contributed by atoms with Crippen LogP contribution in [0.1, 0.15) is 107 Å². The first-order chi connectivity index (χ1) is 33.3. The molecule has 4 aliphatic rings. The number of carboxylic acid groups (broad SMARTS) is 1. The molecule has 71 heavy (non-hydrogen) atoms. The normalized spacial score (nSPS) is 29.4. The molecule has 1 unspecified atom stereocenters. The summed E-state index contributed by atoms with van der Waals surface area (Å²) in [6.45, 7) is 10.2. The van der Waals surface area contributed by atoms with Crippen molar-refractivity contribution in [2.75, 3.05) is 6.61 Å². The van der Waals surface area contributed by atoms with E-state index in [1.54, 1.807) is 78.9 Å². The van der Waals surface area contributed by atoms with E-state index >= 15 is 4.79 Å². The third-order valence-electron chi connectivity index (χ3n) is 14.9. The molecule has 0 aromatic heterocycles. The summed E-state index contributed by atoms with van der Waals surface area (Å²) in [7, 11) is 0. The predicted molar refractivity (Wildman–Crippen MR) is 248 cm³/mol. The van der Waals surface area contributed by atoms with Gasteiger partial charge in [-0.3, -0.25) is 28.8 Å². The summed E-state index contributed by atoms with van der Waals surface area (Å²) in [5.41, 5.74) is -9.59. The molecule has 4 N–H and O–H groups in total. The molecule has 11 atom stereocenters. The van der Waals surface area contributed by atoms with Gasteiger partial charge in [0.05, 0.1) is 41.4 Å². The lowest BCUT2D eigenvalue weighted by molar-refractivity contribution is -0.346. The number of benzene rings is 3. The van der Waals surface area contributed by atoms with E-state index in [0.29, 0.717) is 5.56 Å². The van der Waals surface area contributed by atoms with Gasteiger partial charge in [0.25, 0.3) is 5.91 Å². The van der Waals surface area contributed by atoms with Gasteiger partial charge in [-0.2, -0.15) is 0 Å². The molecule has 378 valence electrons. The maximum absolute atomic E-state index is 16.1. The number of aliphatic hydroxyl groups excluding tert-OH is 1. The molecule has 1 amide bonds. The van der Waals surface area contributed by atoms with Gasteiger partial charge in [0.1, 0.15) is 30.0 Å². The molecule has 7 rings (SSSR count). The Bertz CT molecular complexity index is 2630. The number of amides is 1. The standard InChI is InChI=1S/C53H59NO17/c1-28-34(68-47(62)40(58)39(31-18-12-9-13-19-31)54-45(60)32-20-14-10-15-21-32)25-53(65)44(70-46(61)33-22-16-11-17-23-33)42-51(8,43(59)41(67-29(2)55)38(28)50(53,6)7)35(69-37(57)26-49(4,5)48(63)64)24-36-52(42,27-66-36)71-30(3)56/h9-23,34-36,39-42,44,58,65H,24-27H2,1-8H3,(H,54,60)(H,63,64)/t34-,35-,36+,39-,40+,41+,42?,44-,51+,52-,53+/m0/s1. The van der Waals surface area contributed by atoms with Gasteiger partial charge in [-0.05, 0) is 68.7 Å². The number of carbonyl (C=O) groups is 8. The van der Waals surface area contributed by atoms with Crippen LogP contribution in [-0.4, -0.2) is 117 Å². The SMILES string of the molecule is CC(=O)O[C@H]1C(=O)[C@@]2(C)C([C@H](OC(=O)c3ccccc3)[C@]3(O)C[C@H](OC(=O)[C@H](O)[C@@H](NC(=O)c4ccccc4)c4ccccc4)C(C)=C1C3(C)C)[C@]1(OC(C)=O)CO[C@@H]1C[C@@H]2OC(=O)CC(C)(C)C(=O)O. The van der Waals surface area contributed by atoms with Crippen molar-refractivity contribution in [3.8, 4) is 0 Å². The Hall–Kier alpha value is -6.76. The van der Waals surface area contributed by atoms with Crippen molar-refractivity contribution in [3.05, 3.63) is 119 Å². The Morgan fingerprint density at radius 1 is 0.817 bits per heavy atom. The Kier molecular flexibility index (Phi) is 14.3. The second kappa shape index (κ2) is 19.4. The molecule has 3 aromatic carbocycles. The largest absolute Gasteiger partial charge is 0.481 e. The molecule has 0 radical (unpaired) electrons. The first kappa shape index (κ1) is 52.1. The zero-order chi connectivity index (χ0) is 52.0. The lowest BCUT2D eigenvalue weighted by Crippen LogP contribution is -2.82. The molecule has 18 nitrogen and oxygen atoms in total. The van der Waals surface area contributed by atoms with Crippen molar-refractivity contribution in [2.45, 2.75) is 129 Å². The number of Topliss-reactive ketones (excluding diaryl/α,β-unsaturated/α-hetero) is 1. The highest BCUT2D eigenvalue weighted by Gasteiger charge is 2.79. The van der Waals surface area contributed by atoms with Crippen LogP contribution >= 0.6 is 0 Å². The van der Waals surface area contributed by atoms with Gasteiger partial charge in [0.15, 0.2) is 23.6 Å². The molecule has 2 saturated carbocycles. The van der Waals surface area contributed by atoms with Crippen LogP contribution in [0, 0.1) is 22.2 Å². The van der Waals surface area contributed by atoms with E-state index in [0.717, 1.165) is 13.8 Å². The molecule has 3 fully saturated rings. The van der Waals surface area contributed by atoms with Gasteiger partial charge in [-0.25, -0.2) is 9.59 Å². The zero-order valence-corrected chi connectivity index (χ0v) is 40.7. The summed E-state index contributed by atoms with van der Waals surface area (Å²) >= 11 is 0. The van der Waals surface area contributed by atoms with Crippen molar-refractivity contribution in [1.82, 2.24) is 5.32 Å². The summed E-state index contributed by atoms with van der Waals surface area (Å²) < 4.78 is 36.9. The zero-order valence-electron chi connectivity index (χ0n) is 40.7. The molecular weight excluding hydrogens is 923 g/mol. The number of esters is 5. The van der Waals surface area contributed by atoms with E-state index in [9.17, 15) is 48.9 Å². The minimum absolute atomic E-state index is 0.00206. The summed E-state index contributed by atoms with van der Waals surface area (Å²) in [6.07, 6.45) is -12.1. The maximum Gasteiger partial charge on any atom is 0.338 e. The predicted octanol–water partition coefficient (Wildman–Crippen LogP) is 4.79. The number of carboxylic acids is 1. The Morgan fingerprint density at radius 3 is 1.93 bits per heavy atom. The van der Waals surface area contributed by atoms with Gasteiger partial charge < -0.3 is 49.1 Å². The number of ether oxygens (including phenoxy) is 6. The van der Waals surface area contributed by atoms with Crippen molar-refractivity contribution >= 4 is 47.5 Å². The van der Waals surface area contributed by atoms with Crippen LogP contribution in [0.4, 0.5) is 0 Å². The fourth-order valence-electron chi connectivity index (χ4n) is 11.0. The highest BCUT2D eigenvalue weighted by Crippen LogP contribution is 2.65. The molecule has 1 saturated heterocycles. The van der Waals surface area contributed by atoms with Gasteiger partial charge in [-0.15, -0.1) is 0 Å². The average Bonchev–Trinajstić information content (AvgIpc) is 3.31. The third-order valence-corrected chi connectivity index (χ3v) is 14.9. The molecule has 1 heterocycles. The maximum atomic E-state index is 16.1. The summed E-state index contributed by atoms with van der Waals surface area (Å²) in [5.74, 6) is -9.82. The van der Waals surface area contributed by atoms with Crippen LogP contribution in [-0.2, 0) is 57.2 Å². The number of rotatable bonds is 14. The monoisotopic (exact) mass is 981 g/mol. The van der Waals surface area contributed by atoms with E-state index in [-0.39, 0.29) is 28.7 Å². The van der Waals surface area contributed by atoms with Crippen molar-refractivity contribution < 1.29 is 82.1 Å². The van der Waals surface area contributed by atoms with Crippen LogP contribution < -0.4 is 5.32 Å². The Balaban J connectivity index is 1.43. The highest BCUT2D eigenvalue weighted by molar-refractivity contribution is 5.97. The average molecular weight is 982 g/mol. The minimum Gasteiger partial charge on any atom is -0.481 e. The first-order valence-corrected chi connectivity index (χ1v) is 23.2. The molecule has 3 aliphatic carbocycles. The van der Waals surface area contributed by atoms with Crippen molar-refractivity contribution in [1.29, 1.82) is 0 Å². The molecule has 1 aliphatic heterocycles. The van der Waals surface area contributed by atoms with Gasteiger partial charge >= 0.3 is 35.8 Å². The van der Waals surface area contributed by atoms with Crippen LogP contribution in [0.5, 0.6) is 0 Å². The fraction of sp³-hybridized carbons (Fsp3) is 0.472. The molecular formula is C53H59NO17. The van der Waals surface area contributed by atoms with Gasteiger partial charge in [-0.1, -0.05) is 80.6 Å². The quantitative estimate of drug-likeness (QED) is 0.0961. The summed E-state index contributed by atoms with van der Waals surface area (Å²) in [6, 6.07) is 22.5. The number of aliphatic hydroxyl groups is 2. The lowest BCUT2D eigenvalue weighted by Gasteiger charge is -2.67.